The number of carbonyl (C=O) groups excluding carboxylic acids is 1. The van der Waals surface area contributed by atoms with Crippen LogP contribution in [0, 0.1) is 11.3 Å². The van der Waals surface area contributed by atoms with Gasteiger partial charge in [-0.15, -0.1) is 0 Å². The second-order valence-electron chi connectivity index (χ2n) is 3.75. The SMILES string of the molecule is CC(C#N)c1ccc(C(=O)c2ccccc2)o1. The molecule has 2 rings (SSSR count). The van der Waals surface area contributed by atoms with Crippen LogP contribution in [0.4, 0.5) is 0 Å². The predicted octanol–water partition coefficient (Wildman–Crippen LogP) is 3.14. The van der Waals surface area contributed by atoms with Gasteiger partial charge >= 0.3 is 0 Å². The highest BCUT2D eigenvalue weighted by Gasteiger charge is 2.15. The van der Waals surface area contributed by atoms with Gasteiger partial charge in [-0.1, -0.05) is 30.3 Å². The first-order valence-electron chi connectivity index (χ1n) is 5.31. The van der Waals surface area contributed by atoms with E-state index in [0.29, 0.717) is 11.3 Å². The molecule has 0 saturated heterocycles. The largest absolute Gasteiger partial charge is 0.456 e. The van der Waals surface area contributed by atoms with Crippen LogP contribution in [0.1, 0.15) is 34.7 Å². The Morgan fingerprint density at radius 2 is 1.94 bits per heavy atom. The lowest BCUT2D eigenvalue weighted by molar-refractivity contribution is 0.101. The predicted molar refractivity (Wildman–Crippen MR) is 62.6 cm³/mol. The Kier molecular flexibility index (Phi) is 3.06. The third-order valence-electron chi connectivity index (χ3n) is 2.51. The number of benzene rings is 1. The van der Waals surface area contributed by atoms with Gasteiger partial charge in [0.1, 0.15) is 11.7 Å². The molecule has 0 aliphatic rings. The molecule has 0 amide bonds. The van der Waals surface area contributed by atoms with Crippen molar-refractivity contribution >= 4 is 5.78 Å². The molecule has 84 valence electrons. The van der Waals surface area contributed by atoms with Crippen LogP contribution in [-0.2, 0) is 0 Å². The molecule has 17 heavy (non-hydrogen) atoms. The van der Waals surface area contributed by atoms with Gasteiger partial charge in [-0.3, -0.25) is 4.79 Å². The van der Waals surface area contributed by atoms with Crippen LogP contribution in [0.2, 0.25) is 0 Å². The zero-order valence-corrected chi connectivity index (χ0v) is 9.38. The van der Waals surface area contributed by atoms with Crippen LogP contribution < -0.4 is 0 Å². The van der Waals surface area contributed by atoms with E-state index in [-0.39, 0.29) is 17.5 Å². The summed E-state index contributed by atoms with van der Waals surface area (Å²) >= 11 is 0. The van der Waals surface area contributed by atoms with Crippen LogP contribution in [0.15, 0.2) is 46.9 Å². The van der Waals surface area contributed by atoms with E-state index < -0.39 is 0 Å². The van der Waals surface area contributed by atoms with Crippen LogP contribution >= 0.6 is 0 Å². The smallest absolute Gasteiger partial charge is 0.228 e. The minimum atomic E-state index is -0.340. The first-order chi connectivity index (χ1) is 8.22. The molecule has 0 aliphatic heterocycles. The average Bonchev–Trinajstić information content (AvgIpc) is 2.87. The Balaban J connectivity index is 2.28. The van der Waals surface area contributed by atoms with Gasteiger partial charge in [-0.2, -0.15) is 5.26 Å². The molecule has 3 heteroatoms. The van der Waals surface area contributed by atoms with Gasteiger partial charge in [0, 0.05) is 5.56 Å². The number of furan rings is 1. The lowest BCUT2D eigenvalue weighted by atomic mass is 10.1. The third-order valence-corrected chi connectivity index (χ3v) is 2.51. The molecule has 1 unspecified atom stereocenters. The molecular weight excluding hydrogens is 214 g/mol. The van der Waals surface area contributed by atoms with Crippen molar-refractivity contribution in [2.75, 3.05) is 0 Å². The first-order valence-corrected chi connectivity index (χ1v) is 5.31. The summed E-state index contributed by atoms with van der Waals surface area (Å²) < 4.78 is 5.38. The quantitative estimate of drug-likeness (QED) is 0.754. The fourth-order valence-electron chi connectivity index (χ4n) is 1.50. The molecule has 1 aromatic heterocycles. The van der Waals surface area contributed by atoms with Gasteiger partial charge in [0.15, 0.2) is 5.76 Å². The van der Waals surface area contributed by atoms with E-state index in [9.17, 15) is 4.79 Å². The maximum Gasteiger partial charge on any atom is 0.228 e. The van der Waals surface area contributed by atoms with E-state index in [2.05, 4.69) is 6.07 Å². The third kappa shape index (κ3) is 2.26. The summed E-state index contributed by atoms with van der Waals surface area (Å²) in [4.78, 5) is 12.0. The summed E-state index contributed by atoms with van der Waals surface area (Å²) in [6, 6.07) is 14.3. The zero-order valence-electron chi connectivity index (χ0n) is 9.38. The molecular formula is C14H11NO2. The zero-order chi connectivity index (χ0) is 12.3. The van der Waals surface area contributed by atoms with E-state index >= 15 is 0 Å². The van der Waals surface area contributed by atoms with Crippen LogP contribution in [0.5, 0.6) is 0 Å². The van der Waals surface area contributed by atoms with Gasteiger partial charge in [0.05, 0.1) is 6.07 Å². The molecule has 1 atom stereocenters. The van der Waals surface area contributed by atoms with Gasteiger partial charge in [0.25, 0.3) is 0 Å². The molecule has 0 radical (unpaired) electrons. The minimum Gasteiger partial charge on any atom is -0.456 e. The molecule has 0 aliphatic carbocycles. The van der Waals surface area contributed by atoms with Gasteiger partial charge in [-0.25, -0.2) is 0 Å². The second kappa shape index (κ2) is 4.67. The summed E-state index contributed by atoms with van der Waals surface area (Å²) in [5, 5.41) is 8.76. The molecule has 3 nitrogen and oxygen atoms in total. The standard InChI is InChI=1S/C14H11NO2/c1-10(9-15)12-7-8-13(17-12)14(16)11-5-3-2-4-6-11/h2-8,10H,1H3. The highest BCUT2D eigenvalue weighted by molar-refractivity contribution is 6.07. The fraction of sp³-hybridized carbons (Fsp3) is 0.143. The van der Waals surface area contributed by atoms with Crippen molar-refractivity contribution in [1.29, 1.82) is 5.26 Å². The number of carbonyl (C=O) groups is 1. The number of rotatable bonds is 3. The summed E-state index contributed by atoms with van der Waals surface area (Å²) in [7, 11) is 0. The number of hydrogen-bond acceptors (Lipinski definition) is 3. The van der Waals surface area contributed by atoms with Gasteiger partial charge < -0.3 is 4.42 Å². The second-order valence-corrected chi connectivity index (χ2v) is 3.75. The van der Waals surface area contributed by atoms with Crippen LogP contribution in [0.25, 0.3) is 0 Å². The Labute approximate surface area is 99.3 Å². The highest BCUT2D eigenvalue weighted by Crippen LogP contribution is 2.19. The highest BCUT2D eigenvalue weighted by atomic mass is 16.3. The van der Waals surface area contributed by atoms with Crippen molar-refractivity contribution in [3.8, 4) is 6.07 Å². The molecule has 0 fully saturated rings. The van der Waals surface area contributed by atoms with Crippen molar-refractivity contribution in [3.63, 3.8) is 0 Å². The number of ketones is 1. The Morgan fingerprint density at radius 1 is 1.24 bits per heavy atom. The number of hydrogen-bond donors (Lipinski definition) is 0. The van der Waals surface area contributed by atoms with Gasteiger partial charge in [-0.05, 0) is 19.1 Å². The van der Waals surface area contributed by atoms with E-state index in [1.165, 1.54) is 0 Å². The van der Waals surface area contributed by atoms with E-state index in [1.807, 2.05) is 6.07 Å². The summed E-state index contributed by atoms with van der Waals surface area (Å²) in [6.45, 7) is 1.73. The Hall–Kier alpha value is -2.34. The molecule has 2 aromatic rings. The lowest BCUT2D eigenvalue weighted by Gasteiger charge is -1.98. The van der Waals surface area contributed by atoms with Crippen molar-refractivity contribution in [1.82, 2.24) is 0 Å². The minimum absolute atomic E-state index is 0.165. The number of nitrogens with zero attached hydrogens (tertiary/aromatic N) is 1. The fourth-order valence-corrected chi connectivity index (χ4v) is 1.50. The van der Waals surface area contributed by atoms with Crippen molar-refractivity contribution in [2.45, 2.75) is 12.8 Å². The number of nitriles is 1. The summed E-state index contributed by atoms with van der Waals surface area (Å²) in [5.74, 6) is 0.286. The molecule has 0 bridgehead atoms. The lowest BCUT2D eigenvalue weighted by Crippen LogP contribution is -1.98. The first kappa shape index (κ1) is 11.2. The van der Waals surface area contributed by atoms with Crippen molar-refractivity contribution < 1.29 is 9.21 Å². The molecule has 1 aromatic carbocycles. The van der Waals surface area contributed by atoms with Crippen molar-refractivity contribution in [3.05, 3.63) is 59.5 Å². The molecule has 0 saturated carbocycles. The Morgan fingerprint density at radius 3 is 2.59 bits per heavy atom. The summed E-state index contributed by atoms with van der Waals surface area (Å²) in [6.07, 6.45) is 0. The van der Waals surface area contributed by atoms with Crippen LogP contribution in [0.3, 0.4) is 0 Å². The summed E-state index contributed by atoms with van der Waals surface area (Å²) in [5.41, 5.74) is 0.581. The molecule has 0 spiro atoms. The normalized spacial score (nSPS) is 11.8. The van der Waals surface area contributed by atoms with E-state index in [1.54, 1.807) is 43.3 Å². The van der Waals surface area contributed by atoms with Crippen LogP contribution in [-0.4, -0.2) is 5.78 Å². The molecule has 1 heterocycles. The maximum atomic E-state index is 12.0. The van der Waals surface area contributed by atoms with Crippen molar-refractivity contribution in [2.24, 2.45) is 0 Å². The topological polar surface area (TPSA) is 54.0 Å². The monoisotopic (exact) mass is 225 g/mol. The van der Waals surface area contributed by atoms with E-state index in [4.69, 9.17) is 9.68 Å². The van der Waals surface area contributed by atoms with E-state index in [0.717, 1.165) is 0 Å². The Bertz CT molecular complexity index is 563. The average molecular weight is 225 g/mol. The molecule has 0 N–H and O–H groups in total. The maximum absolute atomic E-state index is 12.0. The van der Waals surface area contributed by atoms with Gasteiger partial charge in [0.2, 0.25) is 5.78 Å².